The molecule has 1 rings (SSSR count). The van der Waals surface area contributed by atoms with Gasteiger partial charge in [-0.3, -0.25) is 0 Å². The summed E-state index contributed by atoms with van der Waals surface area (Å²) in [6, 6.07) is 0. The zero-order valence-electron chi connectivity index (χ0n) is 10.2. The van der Waals surface area contributed by atoms with Crippen LogP contribution in [0.4, 0.5) is 0 Å². The van der Waals surface area contributed by atoms with Crippen molar-refractivity contribution in [3.63, 3.8) is 0 Å². The number of hydrogen-bond acceptors (Lipinski definition) is 3. The third-order valence-corrected chi connectivity index (χ3v) is 2.34. The fraction of sp³-hybridized carbons (Fsp3) is 0.727. The molecule has 0 amide bonds. The number of aryl methyl sites for hydroxylation is 1. The number of methoxy groups -OCH3 is 1. The van der Waals surface area contributed by atoms with Gasteiger partial charge in [0.15, 0.2) is 0 Å². The third-order valence-electron chi connectivity index (χ3n) is 2.34. The summed E-state index contributed by atoms with van der Waals surface area (Å²) in [6.45, 7) is 8.17. The first-order valence-corrected chi connectivity index (χ1v) is 5.21. The smallest absolute Gasteiger partial charge is 0.217 e. The average Bonchev–Trinajstić information content (AvgIpc) is 2.54. The summed E-state index contributed by atoms with van der Waals surface area (Å²) >= 11 is 0. The Hall–Kier alpha value is -1.03. The maximum atomic E-state index is 9.31. The summed E-state index contributed by atoms with van der Waals surface area (Å²) in [5.74, 6) is 0.668. The lowest BCUT2D eigenvalue weighted by molar-refractivity contribution is 0.255. The standard InChI is InChI=1S/C11H20N2O2/c1-6-9-8(7-14)10(15-5)13(12-9)11(2,3)4/h14H,6-7H2,1-5H3. The summed E-state index contributed by atoms with van der Waals surface area (Å²) in [5, 5.41) is 13.8. The molecule has 0 saturated heterocycles. The van der Waals surface area contributed by atoms with Gasteiger partial charge in [-0.15, -0.1) is 0 Å². The van der Waals surface area contributed by atoms with E-state index in [4.69, 9.17) is 4.74 Å². The van der Waals surface area contributed by atoms with Gasteiger partial charge in [-0.1, -0.05) is 6.92 Å². The minimum atomic E-state index is -0.136. The summed E-state index contributed by atoms with van der Waals surface area (Å²) in [4.78, 5) is 0. The van der Waals surface area contributed by atoms with E-state index in [2.05, 4.69) is 25.9 Å². The van der Waals surface area contributed by atoms with E-state index in [1.165, 1.54) is 0 Å². The van der Waals surface area contributed by atoms with Crippen LogP contribution in [0, 0.1) is 0 Å². The molecule has 1 N–H and O–H groups in total. The van der Waals surface area contributed by atoms with Gasteiger partial charge in [0, 0.05) is 0 Å². The van der Waals surface area contributed by atoms with Gasteiger partial charge in [0.25, 0.3) is 0 Å². The van der Waals surface area contributed by atoms with E-state index in [1.807, 2.05) is 11.6 Å². The van der Waals surface area contributed by atoms with Crippen molar-refractivity contribution in [2.45, 2.75) is 46.3 Å². The first kappa shape index (κ1) is 12.0. The first-order chi connectivity index (χ1) is 6.95. The molecule has 1 heterocycles. The molecule has 0 aliphatic rings. The number of aromatic nitrogens is 2. The topological polar surface area (TPSA) is 47.3 Å². The average molecular weight is 212 g/mol. The summed E-state index contributed by atoms with van der Waals surface area (Å²) in [7, 11) is 1.61. The monoisotopic (exact) mass is 212 g/mol. The maximum Gasteiger partial charge on any atom is 0.217 e. The van der Waals surface area contributed by atoms with E-state index in [-0.39, 0.29) is 12.1 Å². The largest absolute Gasteiger partial charge is 0.481 e. The van der Waals surface area contributed by atoms with Gasteiger partial charge in [0.2, 0.25) is 5.88 Å². The predicted molar refractivity (Wildman–Crippen MR) is 59.1 cm³/mol. The summed E-state index contributed by atoms with van der Waals surface area (Å²) in [6.07, 6.45) is 0.801. The Morgan fingerprint density at radius 1 is 1.40 bits per heavy atom. The van der Waals surface area contributed by atoms with E-state index >= 15 is 0 Å². The Morgan fingerprint density at radius 2 is 2.00 bits per heavy atom. The minimum Gasteiger partial charge on any atom is -0.481 e. The SMILES string of the molecule is CCc1nn(C(C)(C)C)c(OC)c1CO. The fourth-order valence-electron chi connectivity index (χ4n) is 1.59. The summed E-state index contributed by atoms with van der Waals surface area (Å²) in [5.41, 5.74) is 1.57. The van der Waals surface area contributed by atoms with Crippen LogP contribution in [-0.4, -0.2) is 22.0 Å². The maximum absolute atomic E-state index is 9.31. The van der Waals surface area contributed by atoms with Crippen LogP contribution in [0.15, 0.2) is 0 Å². The molecule has 0 saturated carbocycles. The lowest BCUT2D eigenvalue weighted by Gasteiger charge is -2.21. The Balaban J connectivity index is 3.34. The van der Waals surface area contributed by atoms with Crippen molar-refractivity contribution in [1.29, 1.82) is 0 Å². The summed E-state index contributed by atoms with van der Waals surface area (Å²) < 4.78 is 7.15. The lowest BCUT2D eigenvalue weighted by atomic mass is 10.1. The van der Waals surface area contributed by atoms with Crippen molar-refractivity contribution in [1.82, 2.24) is 9.78 Å². The van der Waals surface area contributed by atoms with Gasteiger partial charge < -0.3 is 9.84 Å². The molecular formula is C11H20N2O2. The zero-order chi connectivity index (χ0) is 11.6. The molecule has 86 valence electrons. The van der Waals surface area contributed by atoms with E-state index in [0.717, 1.165) is 17.7 Å². The van der Waals surface area contributed by atoms with E-state index in [0.29, 0.717) is 5.88 Å². The molecule has 1 aromatic heterocycles. The Morgan fingerprint density at radius 3 is 2.33 bits per heavy atom. The van der Waals surface area contributed by atoms with E-state index in [1.54, 1.807) is 7.11 Å². The molecule has 1 aromatic rings. The number of ether oxygens (including phenoxy) is 1. The van der Waals surface area contributed by atoms with Crippen LogP contribution in [0.25, 0.3) is 0 Å². The molecule has 0 aromatic carbocycles. The van der Waals surface area contributed by atoms with Crippen LogP contribution in [0.3, 0.4) is 0 Å². The molecule has 0 atom stereocenters. The highest BCUT2D eigenvalue weighted by molar-refractivity contribution is 5.32. The zero-order valence-corrected chi connectivity index (χ0v) is 10.2. The molecule has 15 heavy (non-hydrogen) atoms. The second-order valence-corrected chi connectivity index (χ2v) is 4.53. The molecule has 0 aliphatic heterocycles. The van der Waals surface area contributed by atoms with Crippen LogP contribution in [0.2, 0.25) is 0 Å². The first-order valence-electron chi connectivity index (χ1n) is 5.21. The van der Waals surface area contributed by atoms with Gasteiger partial charge in [-0.05, 0) is 27.2 Å². The van der Waals surface area contributed by atoms with Crippen LogP contribution in [0.1, 0.15) is 39.0 Å². The number of rotatable bonds is 3. The van der Waals surface area contributed by atoms with Crippen molar-refractivity contribution < 1.29 is 9.84 Å². The third kappa shape index (κ3) is 2.15. The van der Waals surface area contributed by atoms with Crippen molar-refractivity contribution >= 4 is 0 Å². The second kappa shape index (κ2) is 4.23. The van der Waals surface area contributed by atoms with Crippen molar-refractivity contribution in [2.75, 3.05) is 7.11 Å². The molecule has 0 spiro atoms. The molecule has 4 nitrogen and oxygen atoms in total. The van der Waals surface area contributed by atoms with E-state index in [9.17, 15) is 5.11 Å². The molecule has 0 fully saturated rings. The van der Waals surface area contributed by atoms with Gasteiger partial charge >= 0.3 is 0 Å². The van der Waals surface area contributed by atoms with Gasteiger partial charge in [-0.2, -0.15) is 5.10 Å². The Labute approximate surface area is 90.9 Å². The second-order valence-electron chi connectivity index (χ2n) is 4.53. The lowest BCUT2D eigenvalue weighted by Crippen LogP contribution is -2.24. The van der Waals surface area contributed by atoms with Crippen molar-refractivity contribution in [3.8, 4) is 5.88 Å². The molecule has 0 bridgehead atoms. The molecule has 4 heteroatoms. The van der Waals surface area contributed by atoms with Gasteiger partial charge in [-0.25, -0.2) is 4.68 Å². The molecule has 0 aliphatic carbocycles. The quantitative estimate of drug-likeness (QED) is 0.829. The van der Waals surface area contributed by atoms with Crippen LogP contribution in [-0.2, 0) is 18.6 Å². The Bertz CT molecular complexity index is 337. The number of aliphatic hydroxyl groups excluding tert-OH is 1. The van der Waals surface area contributed by atoms with Crippen LogP contribution < -0.4 is 4.74 Å². The van der Waals surface area contributed by atoms with Gasteiger partial charge in [0.05, 0.1) is 30.5 Å². The number of aliphatic hydroxyl groups is 1. The molecule has 0 unspecified atom stereocenters. The highest BCUT2D eigenvalue weighted by Gasteiger charge is 2.24. The van der Waals surface area contributed by atoms with Crippen molar-refractivity contribution in [3.05, 3.63) is 11.3 Å². The van der Waals surface area contributed by atoms with Crippen LogP contribution >= 0.6 is 0 Å². The van der Waals surface area contributed by atoms with Crippen LogP contribution in [0.5, 0.6) is 5.88 Å². The minimum absolute atomic E-state index is 0.0254. The van der Waals surface area contributed by atoms with Crippen molar-refractivity contribution in [2.24, 2.45) is 0 Å². The van der Waals surface area contributed by atoms with E-state index < -0.39 is 0 Å². The number of nitrogens with zero attached hydrogens (tertiary/aromatic N) is 2. The highest BCUT2D eigenvalue weighted by atomic mass is 16.5. The highest BCUT2D eigenvalue weighted by Crippen LogP contribution is 2.28. The molecule has 0 radical (unpaired) electrons. The number of hydrogen-bond donors (Lipinski definition) is 1. The molecular weight excluding hydrogens is 192 g/mol. The predicted octanol–water partition coefficient (Wildman–Crippen LogP) is 1.70. The fourth-order valence-corrected chi connectivity index (χ4v) is 1.59. The van der Waals surface area contributed by atoms with Gasteiger partial charge in [0.1, 0.15) is 0 Å². The Kier molecular flexibility index (Phi) is 3.39. The normalized spacial score (nSPS) is 11.9.